The number of nitrogens with two attached hydrogens (primary N) is 1. The van der Waals surface area contributed by atoms with Gasteiger partial charge in [0.25, 0.3) is 0 Å². The number of Topliss-reactive ketones (excluding diaryl/α,β-unsaturated/α-hetero) is 1. The molecule has 0 aliphatic heterocycles. The summed E-state index contributed by atoms with van der Waals surface area (Å²) < 4.78 is 26.4. The summed E-state index contributed by atoms with van der Waals surface area (Å²) in [5, 5.41) is 0. The molecule has 0 fully saturated rings. The minimum atomic E-state index is -0.732. The number of rotatable bonds is 3. The minimum Gasteiger partial charge on any atom is -0.321 e. The molecule has 2 N–H and O–H groups in total. The van der Waals surface area contributed by atoms with Crippen molar-refractivity contribution in [3.05, 3.63) is 34.9 Å². The van der Waals surface area contributed by atoms with E-state index in [-0.39, 0.29) is 23.3 Å². The van der Waals surface area contributed by atoms with E-state index in [4.69, 9.17) is 5.73 Å². The zero-order valence-electron chi connectivity index (χ0n) is 8.68. The molecule has 1 aromatic rings. The average molecular weight is 213 g/mol. The maximum absolute atomic E-state index is 13.5. The van der Waals surface area contributed by atoms with Crippen molar-refractivity contribution in [2.75, 3.05) is 0 Å². The summed E-state index contributed by atoms with van der Waals surface area (Å²) in [6, 6.07) is 1.77. The molecule has 0 aliphatic carbocycles. The first kappa shape index (κ1) is 11.8. The monoisotopic (exact) mass is 213 g/mol. The van der Waals surface area contributed by atoms with Gasteiger partial charge < -0.3 is 5.73 Å². The molecule has 0 unspecified atom stereocenters. The predicted molar refractivity (Wildman–Crippen MR) is 53.5 cm³/mol. The topological polar surface area (TPSA) is 43.1 Å². The summed E-state index contributed by atoms with van der Waals surface area (Å²) in [6.45, 7) is 2.70. The van der Waals surface area contributed by atoms with Crippen molar-refractivity contribution in [3.63, 3.8) is 0 Å². The maximum atomic E-state index is 13.5. The summed E-state index contributed by atoms with van der Waals surface area (Å²) >= 11 is 0. The lowest BCUT2D eigenvalue weighted by molar-refractivity contribution is -0.118. The van der Waals surface area contributed by atoms with E-state index in [0.29, 0.717) is 0 Å². The van der Waals surface area contributed by atoms with E-state index in [1.807, 2.05) is 0 Å². The molecular formula is C11H13F2NO. The Bertz CT molecular complexity index is 390. The van der Waals surface area contributed by atoms with Crippen LogP contribution in [0.25, 0.3) is 0 Å². The van der Waals surface area contributed by atoms with Gasteiger partial charge in [-0.15, -0.1) is 0 Å². The van der Waals surface area contributed by atoms with E-state index >= 15 is 0 Å². The van der Waals surface area contributed by atoms with E-state index in [2.05, 4.69) is 0 Å². The molecule has 1 aromatic carbocycles. The molecule has 0 aromatic heterocycles. The number of carbonyl (C=O) groups is 1. The number of ketones is 1. The number of hydrogen-bond acceptors (Lipinski definition) is 2. The fourth-order valence-corrected chi connectivity index (χ4v) is 1.26. The van der Waals surface area contributed by atoms with Crippen LogP contribution in [0.3, 0.4) is 0 Å². The highest BCUT2D eigenvalue weighted by Gasteiger charge is 2.15. The van der Waals surface area contributed by atoms with Crippen LogP contribution in [-0.2, 0) is 11.2 Å². The third kappa shape index (κ3) is 2.59. The summed E-state index contributed by atoms with van der Waals surface area (Å²) in [5.74, 6) is -1.42. The third-order valence-corrected chi connectivity index (χ3v) is 2.36. The van der Waals surface area contributed by atoms with Gasteiger partial charge in [0.05, 0.1) is 6.04 Å². The van der Waals surface area contributed by atoms with Gasteiger partial charge in [-0.1, -0.05) is 6.07 Å². The van der Waals surface area contributed by atoms with Gasteiger partial charge >= 0.3 is 0 Å². The Morgan fingerprint density at radius 1 is 1.47 bits per heavy atom. The molecule has 2 nitrogen and oxygen atoms in total. The lowest BCUT2D eigenvalue weighted by Gasteiger charge is -2.10. The minimum absolute atomic E-state index is 0.0387. The molecule has 0 amide bonds. The van der Waals surface area contributed by atoms with Crippen molar-refractivity contribution >= 4 is 5.78 Å². The largest absolute Gasteiger partial charge is 0.321 e. The van der Waals surface area contributed by atoms with Gasteiger partial charge in [0.1, 0.15) is 17.4 Å². The van der Waals surface area contributed by atoms with Crippen LogP contribution in [0.2, 0.25) is 0 Å². The predicted octanol–water partition coefficient (Wildman–Crippen LogP) is 1.73. The zero-order chi connectivity index (χ0) is 11.6. The summed E-state index contributed by atoms with van der Waals surface area (Å²) in [6.07, 6.45) is 0.0995. The maximum Gasteiger partial charge on any atom is 0.146 e. The normalized spacial score (nSPS) is 12.6. The van der Waals surface area contributed by atoms with Crippen LogP contribution < -0.4 is 5.73 Å². The summed E-state index contributed by atoms with van der Waals surface area (Å²) in [7, 11) is 0. The van der Waals surface area contributed by atoms with Crippen LogP contribution in [-0.4, -0.2) is 11.8 Å². The lowest BCUT2D eigenvalue weighted by Crippen LogP contribution is -2.31. The molecule has 0 aliphatic rings. The number of carbonyl (C=O) groups excluding carboxylic acids is 1. The first-order valence-electron chi connectivity index (χ1n) is 4.63. The van der Waals surface area contributed by atoms with Gasteiger partial charge in [-0.2, -0.15) is 0 Å². The van der Waals surface area contributed by atoms with Gasteiger partial charge in [0.2, 0.25) is 0 Å². The van der Waals surface area contributed by atoms with Crippen LogP contribution in [0.15, 0.2) is 12.1 Å². The Labute approximate surface area is 87.1 Å². The van der Waals surface area contributed by atoms with Crippen LogP contribution in [0.5, 0.6) is 0 Å². The quantitative estimate of drug-likeness (QED) is 0.830. The van der Waals surface area contributed by atoms with Crippen molar-refractivity contribution in [1.29, 1.82) is 0 Å². The second-order valence-corrected chi connectivity index (χ2v) is 3.57. The standard InChI is InChI=1S/C11H13F2NO/c1-6-9(12)4-3-8(11(6)13)5-10(14)7(2)15/h3-4,10H,5,14H2,1-2H3/t10-/m0/s1. The van der Waals surface area contributed by atoms with E-state index < -0.39 is 17.7 Å². The lowest BCUT2D eigenvalue weighted by atomic mass is 10.0. The molecule has 0 radical (unpaired) electrons. The molecule has 0 heterocycles. The van der Waals surface area contributed by atoms with Gasteiger partial charge in [0, 0.05) is 5.56 Å². The molecular weight excluding hydrogens is 200 g/mol. The second-order valence-electron chi connectivity index (χ2n) is 3.57. The Balaban J connectivity index is 2.97. The van der Waals surface area contributed by atoms with E-state index in [9.17, 15) is 13.6 Å². The molecule has 0 bridgehead atoms. The highest BCUT2D eigenvalue weighted by atomic mass is 19.1. The van der Waals surface area contributed by atoms with Crippen LogP contribution >= 0.6 is 0 Å². The molecule has 0 saturated heterocycles. The molecule has 82 valence electrons. The highest BCUT2D eigenvalue weighted by Crippen LogP contribution is 2.16. The van der Waals surface area contributed by atoms with Crippen molar-refractivity contribution in [1.82, 2.24) is 0 Å². The Morgan fingerprint density at radius 2 is 2.07 bits per heavy atom. The van der Waals surface area contributed by atoms with Gasteiger partial charge in [-0.25, -0.2) is 8.78 Å². The summed E-state index contributed by atoms with van der Waals surface area (Å²) in [5.41, 5.74) is 5.73. The molecule has 0 spiro atoms. The van der Waals surface area contributed by atoms with Gasteiger partial charge in [-0.3, -0.25) is 4.79 Å². The first-order chi connectivity index (χ1) is 6.93. The average Bonchev–Trinajstić information content (AvgIpc) is 2.18. The summed E-state index contributed by atoms with van der Waals surface area (Å²) in [4.78, 5) is 10.9. The Kier molecular flexibility index (Phi) is 3.52. The van der Waals surface area contributed by atoms with E-state index in [0.717, 1.165) is 0 Å². The molecule has 4 heteroatoms. The molecule has 1 rings (SSSR count). The van der Waals surface area contributed by atoms with E-state index in [1.165, 1.54) is 26.0 Å². The van der Waals surface area contributed by atoms with Crippen LogP contribution in [0, 0.1) is 18.6 Å². The van der Waals surface area contributed by atoms with Crippen molar-refractivity contribution < 1.29 is 13.6 Å². The van der Waals surface area contributed by atoms with Crippen molar-refractivity contribution in [2.24, 2.45) is 5.73 Å². The highest BCUT2D eigenvalue weighted by molar-refractivity contribution is 5.81. The molecule has 15 heavy (non-hydrogen) atoms. The molecule has 1 atom stereocenters. The first-order valence-corrected chi connectivity index (χ1v) is 4.63. The number of benzene rings is 1. The second kappa shape index (κ2) is 4.49. The zero-order valence-corrected chi connectivity index (χ0v) is 8.68. The van der Waals surface area contributed by atoms with Crippen LogP contribution in [0.1, 0.15) is 18.1 Å². The van der Waals surface area contributed by atoms with E-state index in [1.54, 1.807) is 0 Å². The Morgan fingerprint density at radius 3 is 2.60 bits per heavy atom. The smallest absolute Gasteiger partial charge is 0.146 e. The van der Waals surface area contributed by atoms with Gasteiger partial charge in [0.15, 0.2) is 0 Å². The number of hydrogen-bond donors (Lipinski definition) is 1. The Hall–Kier alpha value is -1.29. The van der Waals surface area contributed by atoms with Crippen molar-refractivity contribution in [3.8, 4) is 0 Å². The SMILES string of the molecule is CC(=O)[C@@H](N)Cc1ccc(F)c(C)c1F. The van der Waals surface area contributed by atoms with Crippen LogP contribution in [0.4, 0.5) is 8.78 Å². The third-order valence-electron chi connectivity index (χ3n) is 2.36. The fourth-order valence-electron chi connectivity index (χ4n) is 1.26. The fraction of sp³-hybridized carbons (Fsp3) is 0.364. The number of halogens is 2. The van der Waals surface area contributed by atoms with Gasteiger partial charge in [-0.05, 0) is 31.9 Å². The molecule has 0 saturated carbocycles. The van der Waals surface area contributed by atoms with Crippen molar-refractivity contribution in [2.45, 2.75) is 26.3 Å².